The van der Waals surface area contributed by atoms with Crippen LogP contribution in [0.5, 0.6) is 0 Å². The molecule has 3 heteroatoms. The van der Waals surface area contributed by atoms with Gasteiger partial charge in [0.05, 0.1) is 0 Å². The van der Waals surface area contributed by atoms with Crippen molar-refractivity contribution in [3.8, 4) is 0 Å². The predicted molar refractivity (Wildman–Crippen MR) is 36.5 cm³/mol. The summed E-state index contributed by atoms with van der Waals surface area (Å²) in [7, 11) is 1.24. The molecular formula is C5H12BNO. The fraction of sp³-hybridized carbons (Fsp3) is 0.600. The Morgan fingerprint density at radius 2 is 2.38 bits per heavy atom. The van der Waals surface area contributed by atoms with Crippen LogP contribution in [0.1, 0.15) is 13.3 Å². The molecule has 0 aromatic carbocycles. The van der Waals surface area contributed by atoms with E-state index in [1.165, 1.54) is 0 Å². The van der Waals surface area contributed by atoms with Gasteiger partial charge in [-0.15, -0.1) is 0 Å². The Bertz CT molecular complexity index is 74.8. The Kier molecular flexibility index (Phi) is 4.71. The molecule has 8 heavy (non-hydrogen) atoms. The summed E-state index contributed by atoms with van der Waals surface area (Å²) in [6.45, 7) is 2.03. The van der Waals surface area contributed by atoms with Crippen molar-refractivity contribution in [2.45, 2.75) is 13.3 Å². The first-order chi connectivity index (χ1) is 3.81. The van der Waals surface area contributed by atoms with Crippen molar-refractivity contribution in [1.29, 1.82) is 0 Å². The number of hydrogen-bond donors (Lipinski definition) is 2. The second-order valence-corrected chi connectivity index (χ2v) is 1.57. The minimum Gasteiger partial charge on any atom is -0.434 e. The molecule has 0 unspecified atom stereocenters. The lowest BCUT2D eigenvalue weighted by Crippen LogP contribution is -2.27. The summed E-state index contributed by atoms with van der Waals surface area (Å²) in [5, 5.41) is 11.5. The molecule has 0 atom stereocenters. The average Bonchev–Trinajstić information content (AvgIpc) is 1.83. The molecule has 0 rings (SSSR count). The van der Waals surface area contributed by atoms with E-state index in [0.717, 1.165) is 6.42 Å². The van der Waals surface area contributed by atoms with E-state index < -0.39 is 7.05 Å². The molecule has 0 saturated heterocycles. The van der Waals surface area contributed by atoms with E-state index in [-0.39, 0.29) is 0 Å². The lowest BCUT2D eigenvalue weighted by molar-refractivity contribution is 0.571. The van der Waals surface area contributed by atoms with Crippen LogP contribution in [-0.2, 0) is 0 Å². The van der Waals surface area contributed by atoms with Gasteiger partial charge in [-0.3, -0.25) is 0 Å². The molecule has 0 saturated carbocycles. The molecule has 0 aliphatic heterocycles. The fourth-order valence-electron chi connectivity index (χ4n) is 0.361. The maximum atomic E-state index is 8.79. The summed E-state index contributed by atoms with van der Waals surface area (Å²) in [6.07, 6.45) is 2.89. The van der Waals surface area contributed by atoms with Crippen molar-refractivity contribution < 1.29 is 5.02 Å². The normalized spacial score (nSPS) is 10.4. The maximum Gasteiger partial charge on any atom is 0.404 e. The van der Waals surface area contributed by atoms with E-state index in [2.05, 4.69) is 5.23 Å². The van der Waals surface area contributed by atoms with Gasteiger partial charge in [0.2, 0.25) is 0 Å². The van der Waals surface area contributed by atoms with Crippen LogP contribution in [0.15, 0.2) is 12.1 Å². The van der Waals surface area contributed by atoms with E-state index in [1.54, 1.807) is 13.0 Å². The molecule has 0 fully saturated rings. The highest BCUT2D eigenvalue weighted by atomic mass is 16.2. The van der Waals surface area contributed by atoms with E-state index in [4.69, 9.17) is 5.02 Å². The highest BCUT2D eigenvalue weighted by molar-refractivity contribution is 6.53. The summed E-state index contributed by atoms with van der Waals surface area (Å²) in [4.78, 5) is 0. The molecule has 0 heterocycles. The van der Waals surface area contributed by atoms with Crippen LogP contribution >= 0.6 is 0 Å². The molecular weight excluding hydrogens is 101 g/mol. The molecule has 0 bridgehead atoms. The smallest absolute Gasteiger partial charge is 0.404 e. The van der Waals surface area contributed by atoms with Crippen LogP contribution in [0.2, 0.25) is 0 Å². The van der Waals surface area contributed by atoms with Crippen LogP contribution in [-0.4, -0.2) is 19.1 Å². The van der Waals surface area contributed by atoms with Crippen LogP contribution in [0.3, 0.4) is 0 Å². The quantitative estimate of drug-likeness (QED) is 0.512. The summed E-state index contributed by atoms with van der Waals surface area (Å²) in [6, 6.07) is 0. The summed E-state index contributed by atoms with van der Waals surface area (Å²) in [5.74, 6) is 1.72. The van der Waals surface area contributed by atoms with Gasteiger partial charge in [0.1, 0.15) is 0 Å². The van der Waals surface area contributed by atoms with Crippen LogP contribution in [0, 0.1) is 0 Å². The Morgan fingerprint density at radius 1 is 1.75 bits per heavy atom. The first-order valence-corrected chi connectivity index (χ1v) is 2.83. The summed E-state index contributed by atoms with van der Waals surface area (Å²) < 4.78 is 0. The van der Waals surface area contributed by atoms with Crippen molar-refractivity contribution in [1.82, 2.24) is 5.23 Å². The molecule has 0 aliphatic carbocycles. The molecule has 0 spiro atoms. The van der Waals surface area contributed by atoms with Crippen molar-refractivity contribution >= 4 is 7.05 Å². The second kappa shape index (κ2) is 4.87. The third kappa shape index (κ3) is 3.90. The molecule has 0 aliphatic rings. The predicted octanol–water partition coefficient (Wildman–Crippen LogP) is 0.192. The van der Waals surface area contributed by atoms with E-state index in [9.17, 15) is 0 Å². The monoisotopic (exact) mass is 113 g/mol. The molecule has 0 aromatic rings. The average molecular weight is 113 g/mol. The summed E-state index contributed by atoms with van der Waals surface area (Å²) >= 11 is 0. The Balaban J connectivity index is 3.21. The second-order valence-electron chi connectivity index (χ2n) is 1.57. The maximum absolute atomic E-state index is 8.79. The molecule has 2 nitrogen and oxygen atoms in total. The molecule has 0 aromatic heterocycles. The Labute approximate surface area is 50.7 Å². The van der Waals surface area contributed by atoms with Gasteiger partial charge in [0.25, 0.3) is 0 Å². The van der Waals surface area contributed by atoms with Gasteiger partial charge in [0.15, 0.2) is 0 Å². The zero-order valence-electron chi connectivity index (χ0n) is 5.39. The molecule has 0 radical (unpaired) electrons. The van der Waals surface area contributed by atoms with Crippen LogP contribution in [0.25, 0.3) is 0 Å². The van der Waals surface area contributed by atoms with Gasteiger partial charge >= 0.3 is 7.05 Å². The van der Waals surface area contributed by atoms with Crippen LogP contribution < -0.4 is 5.23 Å². The first kappa shape index (κ1) is 7.72. The number of nitrogens with one attached hydrogen (secondary N) is 1. The number of hydrogen-bond acceptors (Lipinski definition) is 2. The minimum absolute atomic E-state index is 0.477. The van der Waals surface area contributed by atoms with E-state index >= 15 is 0 Å². The van der Waals surface area contributed by atoms with Crippen molar-refractivity contribution in [2.75, 3.05) is 7.05 Å². The minimum atomic E-state index is -0.477. The Morgan fingerprint density at radius 3 is 2.75 bits per heavy atom. The standard InChI is InChI=1S/C5H12BNO/c1-3-4-5-6(8)7-2/h4-5,7-8H,3H2,1-2H3/b5-4-. The van der Waals surface area contributed by atoms with E-state index in [1.807, 2.05) is 13.0 Å². The zero-order valence-corrected chi connectivity index (χ0v) is 5.39. The highest BCUT2D eigenvalue weighted by Gasteiger charge is 1.97. The third-order valence-electron chi connectivity index (χ3n) is 0.850. The van der Waals surface area contributed by atoms with Gasteiger partial charge in [0, 0.05) is 0 Å². The molecule has 0 amide bonds. The van der Waals surface area contributed by atoms with Gasteiger partial charge < -0.3 is 10.3 Å². The topological polar surface area (TPSA) is 32.3 Å². The number of allylic oxidation sites excluding steroid dienone is 1. The highest BCUT2D eigenvalue weighted by Crippen LogP contribution is 1.78. The van der Waals surface area contributed by atoms with Crippen molar-refractivity contribution in [3.05, 3.63) is 12.1 Å². The van der Waals surface area contributed by atoms with Crippen molar-refractivity contribution in [3.63, 3.8) is 0 Å². The summed E-state index contributed by atoms with van der Waals surface area (Å²) in [5.41, 5.74) is 0. The molecule has 46 valence electrons. The van der Waals surface area contributed by atoms with Crippen molar-refractivity contribution in [2.24, 2.45) is 0 Å². The van der Waals surface area contributed by atoms with Gasteiger partial charge in [-0.05, 0) is 13.5 Å². The van der Waals surface area contributed by atoms with Gasteiger partial charge in [-0.25, -0.2) is 0 Å². The van der Waals surface area contributed by atoms with E-state index in [0.29, 0.717) is 0 Å². The number of rotatable bonds is 3. The lowest BCUT2D eigenvalue weighted by Gasteiger charge is -1.92. The first-order valence-electron chi connectivity index (χ1n) is 2.83. The lowest BCUT2D eigenvalue weighted by atomic mass is 9.84. The zero-order chi connectivity index (χ0) is 6.41. The van der Waals surface area contributed by atoms with Gasteiger partial charge in [-0.2, -0.15) is 0 Å². The Hall–Kier alpha value is -0.275. The fourth-order valence-corrected chi connectivity index (χ4v) is 0.361. The van der Waals surface area contributed by atoms with Crippen LogP contribution in [0.4, 0.5) is 0 Å². The third-order valence-corrected chi connectivity index (χ3v) is 0.850. The van der Waals surface area contributed by atoms with Gasteiger partial charge in [-0.1, -0.05) is 19.0 Å². The molecule has 2 N–H and O–H groups in total. The SMILES string of the molecule is CC/C=C\B(O)NC. The largest absolute Gasteiger partial charge is 0.434 e.